The van der Waals surface area contributed by atoms with Crippen molar-refractivity contribution in [2.45, 2.75) is 34.2 Å². The number of nitrogens with one attached hydrogen (secondary N) is 2. The maximum atomic E-state index is 12.6. The first-order valence-electron chi connectivity index (χ1n) is 9.67. The number of amides is 2. The second kappa shape index (κ2) is 8.01. The van der Waals surface area contributed by atoms with Crippen LogP contribution in [0.1, 0.15) is 43.6 Å². The molecule has 4 nitrogen and oxygen atoms in total. The number of anilines is 1. The minimum absolute atomic E-state index is 0.0153. The molecule has 0 aliphatic heterocycles. The first kappa shape index (κ1) is 19.9. The van der Waals surface area contributed by atoms with E-state index in [9.17, 15) is 9.59 Å². The SMILES string of the molecule is CC(C)=CC1C(C(=O)Nc2ccc(C(=O)NCc3ccccc3)cc2)C1(C)C. The fraction of sp³-hybridized carbons (Fsp3) is 0.333. The van der Waals surface area contributed by atoms with Gasteiger partial charge in [-0.3, -0.25) is 9.59 Å². The highest BCUT2D eigenvalue weighted by Crippen LogP contribution is 2.59. The Bertz CT molecular complexity index is 879. The number of carbonyl (C=O) groups excluding carboxylic acids is 2. The molecule has 4 heteroatoms. The molecule has 1 aliphatic rings. The van der Waals surface area contributed by atoms with Crippen LogP contribution < -0.4 is 10.6 Å². The molecule has 2 N–H and O–H groups in total. The van der Waals surface area contributed by atoms with Crippen molar-refractivity contribution in [2.75, 3.05) is 5.32 Å². The van der Waals surface area contributed by atoms with Gasteiger partial charge in [0, 0.05) is 17.8 Å². The third kappa shape index (κ3) is 4.50. The molecule has 28 heavy (non-hydrogen) atoms. The Kier molecular flexibility index (Phi) is 5.68. The average Bonchev–Trinajstić information content (AvgIpc) is 3.20. The van der Waals surface area contributed by atoms with Crippen LogP contribution in [0, 0.1) is 17.3 Å². The van der Waals surface area contributed by atoms with E-state index in [2.05, 4.69) is 44.4 Å². The minimum Gasteiger partial charge on any atom is -0.348 e. The average molecular weight is 377 g/mol. The van der Waals surface area contributed by atoms with Gasteiger partial charge in [0.1, 0.15) is 0 Å². The molecule has 1 aliphatic carbocycles. The van der Waals surface area contributed by atoms with Gasteiger partial charge in [-0.05, 0) is 55.0 Å². The fourth-order valence-corrected chi connectivity index (χ4v) is 3.65. The highest BCUT2D eigenvalue weighted by atomic mass is 16.2. The van der Waals surface area contributed by atoms with E-state index >= 15 is 0 Å². The molecule has 0 spiro atoms. The minimum atomic E-state index is -0.131. The summed E-state index contributed by atoms with van der Waals surface area (Å²) in [5.41, 5.74) is 3.56. The summed E-state index contributed by atoms with van der Waals surface area (Å²) in [5.74, 6) is 0.166. The summed E-state index contributed by atoms with van der Waals surface area (Å²) in [5, 5.41) is 5.89. The Balaban J connectivity index is 1.56. The lowest BCUT2D eigenvalue weighted by atomic mass is 10.1. The standard InChI is InChI=1S/C24H28N2O2/c1-16(2)14-20-21(24(20,3)4)23(28)26-19-12-10-18(11-13-19)22(27)25-15-17-8-6-5-7-9-17/h5-14,20-21H,15H2,1-4H3,(H,25,27)(H,26,28). The van der Waals surface area contributed by atoms with E-state index in [0.29, 0.717) is 17.8 Å². The molecule has 0 bridgehead atoms. The fourth-order valence-electron chi connectivity index (χ4n) is 3.65. The number of hydrogen-bond acceptors (Lipinski definition) is 2. The summed E-state index contributed by atoms with van der Waals surface area (Å²) >= 11 is 0. The molecular formula is C24H28N2O2. The molecule has 2 unspecified atom stereocenters. The van der Waals surface area contributed by atoms with Crippen LogP contribution in [0.5, 0.6) is 0 Å². The van der Waals surface area contributed by atoms with Crippen LogP contribution in [-0.4, -0.2) is 11.8 Å². The van der Waals surface area contributed by atoms with Crippen LogP contribution in [0.2, 0.25) is 0 Å². The van der Waals surface area contributed by atoms with Crippen molar-refractivity contribution in [3.63, 3.8) is 0 Å². The first-order valence-corrected chi connectivity index (χ1v) is 9.67. The van der Waals surface area contributed by atoms with Crippen molar-refractivity contribution in [3.8, 4) is 0 Å². The van der Waals surface area contributed by atoms with E-state index in [-0.39, 0.29) is 29.1 Å². The van der Waals surface area contributed by atoms with Gasteiger partial charge in [0.15, 0.2) is 0 Å². The first-order chi connectivity index (χ1) is 13.3. The van der Waals surface area contributed by atoms with Crippen molar-refractivity contribution in [2.24, 2.45) is 17.3 Å². The third-order valence-electron chi connectivity index (χ3n) is 5.42. The number of hydrogen-bond donors (Lipinski definition) is 2. The van der Waals surface area contributed by atoms with E-state index in [1.165, 1.54) is 5.57 Å². The Morgan fingerprint density at radius 1 is 1.00 bits per heavy atom. The zero-order valence-electron chi connectivity index (χ0n) is 17.0. The number of benzene rings is 2. The Labute approximate surface area is 167 Å². The molecule has 0 aromatic heterocycles. The molecule has 2 amide bonds. The summed E-state index contributed by atoms with van der Waals surface area (Å²) in [6, 6.07) is 16.8. The summed E-state index contributed by atoms with van der Waals surface area (Å²) in [6.45, 7) is 8.86. The molecule has 2 aromatic carbocycles. The molecule has 146 valence electrons. The summed E-state index contributed by atoms with van der Waals surface area (Å²) in [4.78, 5) is 24.9. The molecule has 2 aromatic rings. The maximum Gasteiger partial charge on any atom is 0.251 e. The van der Waals surface area contributed by atoms with Gasteiger partial charge in [0.25, 0.3) is 5.91 Å². The Hall–Kier alpha value is -2.88. The second-order valence-electron chi connectivity index (χ2n) is 8.30. The molecule has 0 saturated heterocycles. The van der Waals surface area contributed by atoms with Gasteiger partial charge < -0.3 is 10.6 Å². The van der Waals surface area contributed by atoms with Gasteiger partial charge in [0.05, 0.1) is 5.92 Å². The molecule has 1 fully saturated rings. The van der Waals surface area contributed by atoms with Crippen LogP contribution >= 0.6 is 0 Å². The van der Waals surface area contributed by atoms with Gasteiger partial charge in [-0.15, -0.1) is 0 Å². The highest BCUT2D eigenvalue weighted by molar-refractivity contribution is 5.97. The number of rotatable bonds is 6. The van der Waals surface area contributed by atoms with Gasteiger partial charge >= 0.3 is 0 Å². The number of carbonyl (C=O) groups is 2. The van der Waals surface area contributed by atoms with Crippen LogP contribution in [0.25, 0.3) is 0 Å². The van der Waals surface area contributed by atoms with E-state index in [1.807, 2.05) is 30.3 Å². The van der Waals surface area contributed by atoms with E-state index < -0.39 is 0 Å². The zero-order chi connectivity index (χ0) is 20.3. The van der Waals surface area contributed by atoms with Crippen molar-refractivity contribution in [3.05, 3.63) is 77.4 Å². The van der Waals surface area contributed by atoms with E-state index in [4.69, 9.17) is 0 Å². The van der Waals surface area contributed by atoms with Gasteiger partial charge in [-0.1, -0.05) is 55.8 Å². The van der Waals surface area contributed by atoms with E-state index in [0.717, 1.165) is 5.56 Å². The molecular weight excluding hydrogens is 348 g/mol. The quantitative estimate of drug-likeness (QED) is 0.712. The van der Waals surface area contributed by atoms with Crippen LogP contribution in [0.15, 0.2) is 66.2 Å². The van der Waals surface area contributed by atoms with Crippen molar-refractivity contribution >= 4 is 17.5 Å². The topological polar surface area (TPSA) is 58.2 Å². The van der Waals surface area contributed by atoms with E-state index in [1.54, 1.807) is 24.3 Å². The van der Waals surface area contributed by atoms with Gasteiger partial charge in [-0.25, -0.2) is 0 Å². The molecule has 0 radical (unpaired) electrons. The zero-order valence-corrected chi connectivity index (χ0v) is 17.0. The molecule has 1 saturated carbocycles. The smallest absolute Gasteiger partial charge is 0.251 e. The monoisotopic (exact) mass is 376 g/mol. The van der Waals surface area contributed by atoms with Crippen LogP contribution in [0.4, 0.5) is 5.69 Å². The maximum absolute atomic E-state index is 12.6. The van der Waals surface area contributed by atoms with Crippen LogP contribution in [0.3, 0.4) is 0 Å². The molecule has 2 atom stereocenters. The van der Waals surface area contributed by atoms with Crippen LogP contribution in [-0.2, 0) is 11.3 Å². The molecule has 3 rings (SSSR count). The second-order valence-corrected chi connectivity index (χ2v) is 8.30. The normalized spacial score (nSPS) is 19.4. The van der Waals surface area contributed by atoms with Crippen molar-refractivity contribution < 1.29 is 9.59 Å². The van der Waals surface area contributed by atoms with Gasteiger partial charge in [0.2, 0.25) is 5.91 Å². The predicted octanol–water partition coefficient (Wildman–Crippen LogP) is 4.79. The third-order valence-corrected chi connectivity index (χ3v) is 5.42. The lowest BCUT2D eigenvalue weighted by Gasteiger charge is -2.08. The Morgan fingerprint density at radius 3 is 2.25 bits per heavy atom. The van der Waals surface area contributed by atoms with Crippen molar-refractivity contribution in [1.29, 1.82) is 0 Å². The summed E-state index contributed by atoms with van der Waals surface area (Å²) in [7, 11) is 0. The summed E-state index contributed by atoms with van der Waals surface area (Å²) < 4.78 is 0. The summed E-state index contributed by atoms with van der Waals surface area (Å²) in [6.07, 6.45) is 2.18. The largest absolute Gasteiger partial charge is 0.348 e. The lowest BCUT2D eigenvalue weighted by molar-refractivity contribution is -0.118. The van der Waals surface area contributed by atoms with Gasteiger partial charge in [-0.2, -0.15) is 0 Å². The Morgan fingerprint density at radius 2 is 1.64 bits per heavy atom. The number of allylic oxidation sites excluding steroid dienone is 2. The predicted molar refractivity (Wildman–Crippen MR) is 113 cm³/mol. The van der Waals surface area contributed by atoms with Crippen molar-refractivity contribution in [1.82, 2.24) is 5.32 Å². The highest BCUT2D eigenvalue weighted by Gasteiger charge is 2.60. The molecule has 0 heterocycles. The lowest BCUT2D eigenvalue weighted by Crippen LogP contribution is -2.22.